The van der Waals surface area contributed by atoms with Crippen molar-refractivity contribution in [1.29, 1.82) is 0 Å². The lowest BCUT2D eigenvalue weighted by molar-refractivity contribution is -0.161. The quantitative estimate of drug-likeness (QED) is 0.0174. The van der Waals surface area contributed by atoms with Crippen molar-refractivity contribution in [2.45, 2.75) is 155 Å². The Hall–Kier alpha value is -1.96. The Morgan fingerprint density at radius 3 is 1.71 bits per heavy atom. The van der Waals surface area contributed by atoms with Gasteiger partial charge in [-0.05, 0) is 63.7 Å². The highest BCUT2D eigenvalue weighted by molar-refractivity contribution is 7.47. The molecule has 0 aromatic rings. The van der Waals surface area contributed by atoms with Crippen molar-refractivity contribution < 1.29 is 66.7 Å². The van der Waals surface area contributed by atoms with Crippen LogP contribution in [-0.4, -0.2) is 81.6 Å². The zero-order valence-electron chi connectivity index (χ0n) is 33.3. The van der Waals surface area contributed by atoms with Gasteiger partial charge in [0.05, 0.1) is 25.9 Å². The van der Waals surface area contributed by atoms with Gasteiger partial charge in [0.15, 0.2) is 6.10 Å². The monoisotopic (exact) mass is 824 g/mol. The van der Waals surface area contributed by atoms with Crippen LogP contribution in [0.3, 0.4) is 0 Å². The molecule has 14 nitrogen and oxygen atoms in total. The lowest BCUT2D eigenvalue weighted by atomic mass is 10.00. The maximum absolute atomic E-state index is 12.6. The first kappa shape index (κ1) is 53.0. The van der Waals surface area contributed by atoms with Crippen molar-refractivity contribution in [2.75, 3.05) is 26.4 Å². The summed E-state index contributed by atoms with van der Waals surface area (Å²) in [7, 11) is -9.69. The molecule has 0 aliphatic rings. The number of allylic oxidation sites excluding steroid dienone is 8. The fourth-order valence-corrected chi connectivity index (χ4v) is 5.98. The van der Waals surface area contributed by atoms with Gasteiger partial charge in [-0.1, -0.05) is 114 Å². The first-order valence-corrected chi connectivity index (χ1v) is 22.8. The number of aliphatic hydroxyl groups is 2. The van der Waals surface area contributed by atoms with Gasteiger partial charge in [0.25, 0.3) is 0 Å². The zero-order chi connectivity index (χ0) is 41.2. The lowest BCUT2D eigenvalue weighted by Crippen LogP contribution is -2.29. The molecule has 55 heavy (non-hydrogen) atoms. The highest BCUT2D eigenvalue weighted by atomic mass is 31.2. The summed E-state index contributed by atoms with van der Waals surface area (Å²) in [5.41, 5.74) is 0. The van der Waals surface area contributed by atoms with E-state index in [0.717, 1.165) is 63.7 Å². The molecule has 0 rings (SSSR count). The third-order valence-electron chi connectivity index (χ3n) is 8.41. The van der Waals surface area contributed by atoms with E-state index in [1.54, 1.807) is 0 Å². The molecule has 0 bridgehead atoms. The topological polar surface area (TPSA) is 216 Å². The van der Waals surface area contributed by atoms with Gasteiger partial charge >= 0.3 is 27.6 Å². The summed E-state index contributed by atoms with van der Waals surface area (Å²) in [4.78, 5) is 52.4. The Balaban J connectivity index is 4.69. The zero-order valence-corrected chi connectivity index (χ0v) is 35.1. The Morgan fingerprint density at radius 2 is 1.11 bits per heavy atom. The van der Waals surface area contributed by atoms with Crippen molar-refractivity contribution in [3.63, 3.8) is 0 Å². The van der Waals surface area contributed by atoms with E-state index in [4.69, 9.17) is 23.8 Å². The third kappa shape index (κ3) is 37.4. The van der Waals surface area contributed by atoms with Gasteiger partial charge in [0.1, 0.15) is 12.7 Å². The Labute approximate surface area is 329 Å². The molecule has 0 aromatic heterocycles. The fourth-order valence-electron chi connectivity index (χ4n) is 4.82. The highest BCUT2D eigenvalue weighted by Crippen LogP contribution is 2.43. The van der Waals surface area contributed by atoms with E-state index in [9.17, 15) is 33.8 Å². The predicted octanol–water partition coefficient (Wildman–Crippen LogP) is 8.33. The number of esters is 2. The third-order valence-corrected chi connectivity index (χ3v) is 9.85. The van der Waals surface area contributed by atoms with Crippen LogP contribution < -0.4 is 0 Å². The number of aliphatic hydroxyl groups excluding tert-OH is 2. The van der Waals surface area contributed by atoms with Crippen LogP contribution >= 0.6 is 15.6 Å². The van der Waals surface area contributed by atoms with Crippen LogP contribution in [0.4, 0.5) is 0 Å². The number of rotatable bonds is 36. The maximum atomic E-state index is 12.6. The summed E-state index contributed by atoms with van der Waals surface area (Å²) in [5, 5.41) is 19.3. The summed E-state index contributed by atoms with van der Waals surface area (Å²) >= 11 is 0. The molecule has 0 heterocycles. The number of phosphoric acid groups is 2. The van der Waals surface area contributed by atoms with E-state index < -0.39 is 66.2 Å². The lowest BCUT2D eigenvalue weighted by Gasteiger charge is -2.20. The van der Waals surface area contributed by atoms with Gasteiger partial charge in [0, 0.05) is 12.8 Å². The molecule has 0 amide bonds. The fraction of sp³-hybridized carbons (Fsp3) is 0.744. The standard InChI is InChI=1S/C39H70O14P2/c1-4-34(3)26-22-18-16-17-20-24-28-38(42)49-32-37(33-52-55(47,48)51-31-36(41)30-50-54(44,45)46)53-39(43)29-25-21-15-13-11-9-7-6-8-10-12-14-19-23-27-35(40)5-2/h7-10,13-15,19,34-37,40-41H,4-6,11-12,16-18,20-33H2,1-3H3,(H,47,48)(H2,44,45,46)/b9-7-,10-8-,15-13-,19-14-/t34?,35-,36+,37-/m1/s1. The maximum Gasteiger partial charge on any atom is 0.472 e. The van der Waals surface area contributed by atoms with Crippen LogP contribution in [0.1, 0.15) is 136 Å². The van der Waals surface area contributed by atoms with Gasteiger partial charge in [0.2, 0.25) is 0 Å². The molecular formula is C39H70O14P2. The molecule has 0 aliphatic heterocycles. The van der Waals surface area contributed by atoms with Gasteiger partial charge in [-0.25, -0.2) is 9.13 Å². The van der Waals surface area contributed by atoms with Crippen LogP contribution in [0.25, 0.3) is 0 Å². The summed E-state index contributed by atoms with van der Waals surface area (Å²) in [5.74, 6) is -0.380. The molecule has 0 aromatic carbocycles. The molecule has 0 saturated heterocycles. The number of carbonyl (C=O) groups excluding carboxylic acids is 2. The van der Waals surface area contributed by atoms with Crippen molar-refractivity contribution in [2.24, 2.45) is 5.92 Å². The molecule has 0 saturated carbocycles. The van der Waals surface area contributed by atoms with Gasteiger partial charge in [-0.2, -0.15) is 0 Å². The number of unbranched alkanes of at least 4 members (excludes halogenated alkanes) is 6. The summed E-state index contributed by atoms with van der Waals surface area (Å²) in [6, 6.07) is 0. The molecule has 5 atom stereocenters. The number of phosphoric ester groups is 2. The van der Waals surface area contributed by atoms with E-state index in [0.29, 0.717) is 19.3 Å². The smallest absolute Gasteiger partial charge is 0.462 e. The SMILES string of the molecule is CCC(C)CCCCCCCCC(=O)OC[C@H](COP(=O)(O)OC[C@@H](O)COP(=O)(O)O)OC(=O)CCC/C=C\C/C=C\C/C=C\C/C=C\CC[C@H](O)CC. The molecule has 320 valence electrons. The molecule has 5 N–H and O–H groups in total. The van der Waals surface area contributed by atoms with E-state index in [-0.39, 0.29) is 18.9 Å². The minimum absolute atomic E-state index is 0.0411. The molecular weight excluding hydrogens is 754 g/mol. The van der Waals surface area contributed by atoms with E-state index >= 15 is 0 Å². The van der Waals surface area contributed by atoms with E-state index in [1.807, 2.05) is 19.1 Å². The molecule has 16 heteroatoms. The number of ether oxygens (including phenoxy) is 2. The largest absolute Gasteiger partial charge is 0.472 e. The number of hydrogen-bond donors (Lipinski definition) is 5. The Kier molecular flexibility index (Phi) is 32.9. The minimum Gasteiger partial charge on any atom is -0.462 e. The first-order chi connectivity index (χ1) is 26.2. The molecule has 0 radical (unpaired) electrons. The summed E-state index contributed by atoms with van der Waals surface area (Å²) < 4.78 is 47.5. The highest BCUT2D eigenvalue weighted by Gasteiger charge is 2.28. The molecule has 0 aliphatic carbocycles. The predicted molar refractivity (Wildman–Crippen MR) is 213 cm³/mol. The minimum atomic E-state index is -4.87. The second-order valence-electron chi connectivity index (χ2n) is 13.6. The molecule has 0 fully saturated rings. The van der Waals surface area contributed by atoms with Crippen LogP contribution in [0.15, 0.2) is 48.6 Å². The van der Waals surface area contributed by atoms with E-state index in [2.05, 4.69) is 59.4 Å². The van der Waals surface area contributed by atoms with Crippen LogP contribution in [0, 0.1) is 5.92 Å². The second kappa shape index (κ2) is 34.1. The second-order valence-corrected chi connectivity index (χ2v) is 16.3. The van der Waals surface area contributed by atoms with Gasteiger partial charge < -0.3 is 34.4 Å². The Morgan fingerprint density at radius 1 is 0.582 bits per heavy atom. The van der Waals surface area contributed by atoms with Crippen LogP contribution in [-0.2, 0) is 41.8 Å². The van der Waals surface area contributed by atoms with Gasteiger partial charge in [-0.15, -0.1) is 0 Å². The van der Waals surface area contributed by atoms with Crippen LogP contribution in [0.5, 0.6) is 0 Å². The average Bonchev–Trinajstić information content (AvgIpc) is 3.14. The number of hydrogen-bond acceptors (Lipinski definition) is 11. The number of carbonyl (C=O) groups is 2. The summed E-state index contributed by atoms with van der Waals surface area (Å²) in [6.07, 6.45) is 28.0. The van der Waals surface area contributed by atoms with E-state index in [1.165, 1.54) is 25.7 Å². The Bertz CT molecular complexity index is 1200. The average molecular weight is 825 g/mol. The van der Waals surface area contributed by atoms with Crippen molar-refractivity contribution in [3.8, 4) is 0 Å². The van der Waals surface area contributed by atoms with Crippen molar-refractivity contribution >= 4 is 27.6 Å². The summed E-state index contributed by atoms with van der Waals surface area (Å²) in [6.45, 7) is 3.63. The van der Waals surface area contributed by atoms with Crippen molar-refractivity contribution in [3.05, 3.63) is 48.6 Å². The van der Waals surface area contributed by atoms with Crippen molar-refractivity contribution in [1.82, 2.24) is 0 Å². The normalized spacial score (nSPS) is 15.9. The van der Waals surface area contributed by atoms with Gasteiger partial charge in [-0.3, -0.25) is 23.2 Å². The first-order valence-electron chi connectivity index (χ1n) is 19.8. The molecule has 2 unspecified atom stereocenters. The van der Waals surface area contributed by atoms with Crippen LogP contribution in [0.2, 0.25) is 0 Å². The molecule has 0 spiro atoms.